The fourth-order valence-electron chi connectivity index (χ4n) is 3.24. The Hall–Kier alpha value is -3.29. The van der Waals surface area contributed by atoms with Gasteiger partial charge in [-0.2, -0.15) is 5.10 Å². The molecule has 1 aliphatic rings. The minimum absolute atomic E-state index is 0.180. The molecule has 1 saturated heterocycles. The Morgan fingerprint density at radius 2 is 1.77 bits per heavy atom. The van der Waals surface area contributed by atoms with E-state index in [0.717, 1.165) is 37.6 Å². The van der Waals surface area contributed by atoms with E-state index in [1.54, 1.807) is 12.1 Å². The third-order valence-electron chi connectivity index (χ3n) is 4.66. The molecule has 1 aliphatic heterocycles. The van der Waals surface area contributed by atoms with E-state index in [0.29, 0.717) is 17.1 Å². The molecule has 0 radical (unpaired) electrons. The number of nitrogens with zero attached hydrogens (tertiary/aromatic N) is 6. The Morgan fingerprint density at radius 3 is 2.46 bits per heavy atom. The molecule has 0 saturated carbocycles. The molecule has 0 unspecified atom stereocenters. The number of hydrogen-bond donors (Lipinski definition) is 2. The van der Waals surface area contributed by atoms with E-state index in [1.807, 2.05) is 42.3 Å². The molecule has 0 aliphatic carbocycles. The lowest BCUT2D eigenvalue weighted by Crippen LogP contribution is -2.46. The topological polar surface area (TPSA) is 96.3 Å². The van der Waals surface area contributed by atoms with Crippen LogP contribution in [-0.2, 0) is 7.05 Å². The number of aromatic nitrogens is 4. The fourth-order valence-corrected chi connectivity index (χ4v) is 3.24. The number of benzene rings is 1. The van der Waals surface area contributed by atoms with E-state index in [1.165, 1.54) is 0 Å². The van der Waals surface area contributed by atoms with Crippen LogP contribution in [0.1, 0.15) is 0 Å². The van der Waals surface area contributed by atoms with E-state index >= 15 is 0 Å². The second-order valence-corrected chi connectivity index (χ2v) is 6.36. The molecule has 0 atom stereocenters. The van der Waals surface area contributed by atoms with Crippen LogP contribution >= 0.6 is 0 Å². The number of rotatable bonds is 3. The van der Waals surface area contributed by atoms with Gasteiger partial charge in [-0.05, 0) is 18.2 Å². The Labute approximate surface area is 151 Å². The number of nitrogens with two attached hydrogens (primary N) is 1. The molecule has 1 aromatic carbocycles. The van der Waals surface area contributed by atoms with E-state index in [-0.39, 0.29) is 5.75 Å². The molecule has 8 nitrogen and oxygen atoms in total. The molecule has 2 aromatic heterocycles. The first-order chi connectivity index (χ1) is 12.6. The highest BCUT2D eigenvalue weighted by Gasteiger charge is 2.21. The fraction of sp³-hybridized carbons (Fsp3) is 0.278. The smallest absolute Gasteiger partial charge is 0.169 e. The molecule has 8 heteroatoms. The molecule has 3 aromatic rings. The zero-order valence-corrected chi connectivity index (χ0v) is 14.6. The molecular weight excluding hydrogens is 330 g/mol. The summed E-state index contributed by atoms with van der Waals surface area (Å²) in [5.74, 6) is 0.581. The average Bonchev–Trinajstić information content (AvgIpc) is 3.09. The summed E-state index contributed by atoms with van der Waals surface area (Å²) in [5.41, 5.74) is 9.32. The number of hydrogen-bond acceptors (Lipinski definition) is 7. The Morgan fingerprint density at radius 1 is 1.04 bits per heavy atom. The van der Waals surface area contributed by atoms with Crippen molar-refractivity contribution in [2.45, 2.75) is 0 Å². The molecular formula is C18H21N7O. The summed E-state index contributed by atoms with van der Waals surface area (Å²) in [6.07, 6.45) is 3.91. The summed E-state index contributed by atoms with van der Waals surface area (Å²) in [6.45, 7) is 3.40. The third-order valence-corrected chi connectivity index (χ3v) is 4.66. The maximum absolute atomic E-state index is 10.1. The Balaban J connectivity index is 1.55. The molecule has 0 spiro atoms. The van der Waals surface area contributed by atoms with Crippen LogP contribution in [0.5, 0.6) is 5.75 Å². The van der Waals surface area contributed by atoms with Crippen molar-refractivity contribution < 1.29 is 5.11 Å². The van der Waals surface area contributed by atoms with E-state index in [4.69, 9.17) is 5.73 Å². The summed E-state index contributed by atoms with van der Waals surface area (Å²) in [6, 6.07) is 9.00. The highest BCUT2D eigenvalue weighted by Crippen LogP contribution is 2.31. The van der Waals surface area contributed by atoms with E-state index < -0.39 is 0 Å². The monoisotopic (exact) mass is 351 g/mol. The summed E-state index contributed by atoms with van der Waals surface area (Å²) in [4.78, 5) is 4.51. The zero-order valence-electron chi connectivity index (χ0n) is 14.6. The molecule has 3 heterocycles. The van der Waals surface area contributed by atoms with Crippen LogP contribution in [0.15, 0.2) is 42.7 Å². The summed E-state index contributed by atoms with van der Waals surface area (Å²) < 4.78 is 1.81. The molecule has 0 bridgehead atoms. The van der Waals surface area contributed by atoms with Crippen LogP contribution in [0.4, 0.5) is 17.2 Å². The standard InChI is InChI=1S/C18H21N7O/c1-23-12-13(11-20-23)24-6-8-25(9-7-24)16-10-15(21-22-18(16)19)14-4-2-3-5-17(14)26/h2-5,10-12,26H,6-9H2,1H3,(H2,19,22). The highest BCUT2D eigenvalue weighted by atomic mass is 16.3. The maximum atomic E-state index is 10.1. The van der Waals surface area contributed by atoms with Crippen LogP contribution in [0.2, 0.25) is 0 Å². The number of para-hydroxylation sites is 1. The minimum atomic E-state index is 0.180. The van der Waals surface area contributed by atoms with Crippen molar-refractivity contribution in [3.8, 4) is 17.0 Å². The second-order valence-electron chi connectivity index (χ2n) is 6.36. The van der Waals surface area contributed by atoms with Crippen LogP contribution in [0, 0.1) is 0 Å². The first-order valence-electron chi connectivity index (χ1n) is 8.52. The van der Waals surface area contributed by atoms with Crippen LogP contribution in [0.3, 0.4) is 0 Å². The second kappa shape index (κ2) is 6.55. The van der Waals surface area contributed by atoms with Gasteiger partial charge in [0.2, 0.25) is 0 Å². The first kappa shape index (κ1) is 16.2. The summed E-state index contributed by atoms with van der Waals surface area (Å²) >= 11 is 0. The number of anilines is 3. The first-order valence-corrected chi connectivity index (χ1v) is 8.52. The minimum Gasteiger partial charge on any atom is -0.507 e. The van der Waals surface area contributed by atoms with Crippen molar-refractivity contribution in [1.29, 1.82) is 0 Å². The van der Waals surface area contributed by atoms with Crippen molar-refractivity contribution in [3.63, 3.8) is 0 Å². The van der Waals surface area contributed by atoms with Gasteiger partial charge in [0.25, 0.3) is 0 Å². The number of phenolic OH excluding ortho intramolecular Hbond substituents is 1. The van der Waals surface area contributed by atoms with Crippen molar-refractivity contribution >= 4 is 17.2 Å². The van der Waals surface area contributed by atoms with Gasteiger partial charge in [-0.25, -0.2) is 0 Å². The summed E-state index contributed by atoms with van der Waals surface area (Å²) in [5, 5.41) is 22.6. The lowest BCUT2D eigenvalue weighted by atomic mass is 10.1. The SMILES string of the molecule is Cn1cc(N2CCN(c3cc(-c4ccccc4O)nnc3N)CC2)cn1. The number of piperazine rings is 1. The van der Waals surface area contributed by atoms with Crippen molar-refractivity contribution in [1.82, 2.24) is 20.0 Å². The van der Waals surface area contributed by atoms with Gasteiger partial charge in [0.1, 0.15) is 5.75 Å². The zero-order chi connectivity index (χ0) is 18.1. The number of phenols is 1. The summed E-state index contributed by atoms with van der Waals surface area (Å²) in [7, 11) is 1.92. The quantitative estimate of drug-likeness (QED) is 0.738. The van der Waals surface area contributed by atoms with Crippen LogP contribution in [-0.4, -0.2) is 51.3 Å². The van der Waals surface area contributed by atoms with Crippen LogP contribution < -0.4 is 15.5 Å². The van der Waals surface area contributed by atoms with Gasteiger partial charge in [-0.1, -0.05) is 12.1 Å². The average molecular weight is 351 g/mol. The van der Waals surface area contributed by atoms with Gasteiger partial charge in [0, 0.05) is 45.0 Å². The predicted molar refractivity (Wildman–Crippen MR) is 101 cm³/mol. The van der Waals surface area contributed by atoms with Gasteiger partial charge in [0.05, 0.1) is 23.3 Å². The van der Waals surface area contributed by atoms with Crippen molar-refractivity contribution in [2.24, 2.45) is 7.05 Å². The molecule has 0 amide bonds. The maximum Gasteiger partial charge on any atom is 0.169 e. The molecule has 1 fully saturated rings. The van der Waals surface area contributed by atoms with Crippen LogP contribution in [0.25, 0.3) is 11.3 Å². The number of aryl methyl sites for hydroxylation is 1. The highest BCUT2D eigenvalue weighted by molar-refractivity contribution is 5.74. The molecule has 4 rings (SSSR count). The Kier molecular flexibility index (Phi) is 4.08. The normalized spacial score (nSPS) is 14.7. The molecule has 134 valence electrons. The number of aromatic hydroxyl groups is 1. The van der Waals surface area contributed by atoms with E-state index in [2.05, 4.69) is 25.1 Å². The molecule has 3 N–H and O–H groups in total. The van der Waals surface area contributed by atoms with Gasteiger partial charge in [-0.15, -0.1) is 10.2 Å². The van der Waals surface area contributed by atoms with Gasteiger partial charge in [0.15, 0.2) is 5.82 Å². The third kappa shape index (κ3) is 3.01. The van der Waals surface area contributed by atoms with Crippen molar-refractivity contribution in [2.75, 3.05) is 41.7 Å². The lowest BCUT2D eigenvalue weighted by Gasteiger charge is -2.36. The molecule has 26 heavy (non-hydrogen) atoms. The number of nitrogen functional groups attached to an aromatic ring is 1. The van der Waals surface area contributed by atoms with Gasteiger partial charge >= 0.3 is 0 Å². The predicted octanol–water partition coefficient (Wildman–Crippen LogP) is 1.49. The van der Waals surface area contributed by atoms with Gasteiger partial charge < -0.3 is 20.6 Å². The van der Waals surface area contributed by atoms with E-state index in [9.17, 15) is 5.11 Å². The van der Waals surface area contributed by atoms with Crippen molar-refractivity contribution in [3.05, 3.63) is 42.7 Å². The largest absolute Gasteiger partial charge is 0.507 e. The lowest BCUT2D eigenvalue weighted by molar-refractivity contribution is 0.477. The van der Waals surface area contributed by atoms with Gasteiger partial charge in [-0.3, -0.25) is 4.68 Å². The Bertz CT molecular complexity index is 915.